The predicted octanol–water partition coefficient (Wildman–Crippen LogP) is 1.04. The molecular weight excluding hydrogens is 176 g/mol. The van der Waals surface area contributed by atoms with Crippen LogP contribution in [-0.2, 0) is 6.42 Å². The summed E-state index contributed by atoms with van der Waals surface area (Å²) >= 11 is 0. The normalized spacial score (nSPS) is 10.0. The second kappa shape index (κ2) is 3.83. The molecular formula is C10H10N4. The van der Waals surface area contributed by atoms with Crippen molar-refractivity contribution in [3.05, 3.63) is 48.0 Å². The van der Waals surface area contributed by atoms with Crippen molar-refractivity contribution in [2.45, 2.75) is 6.42 Å². The zero-order valence-corrected chi connectivity index (χ0v) is 7.59. The number of benzene rings is 1. The van der Waals surface area contributed by atoms with E-state index in [9.17, 15) is 0 Å². The van der Waals surface area contributed by atoms with Gasteiger partial charge >= 0.3 is 0 Å². The predicted molar refractivity (Wildman–Crippen MR) is 53.5 cm³/mol. The van der Waals surface area contributed by atoms with E-state index in [4.69, 9.17) is 5.73 Å². The summed E-state index contributed by atoms with van der Waals surface area (Å²) in [4.78, 5) is 4.09. The van der Waals surface area contributed by atoms with E-state index in [1.807, 2.05) is 24.3 Å². The van der Waals surface area contributed by atoms with Crippen LogP contribution in [0.25, 0.3) is 0 Å². The van der Waals surface area contributed by atoms with Gasteiger partial charge in [0.2, 0.25) is 0 Å². The monoisotopic (exact) mass is 186 g/mol. The number of aromatic nitrogens is 3. The van der Waals surface area contributed by atoms with E-state index in [0.29, 0.717) is 12.2 Å². The molecule has 0 bridgehead atoms. The van der Waals surface area contributed by atoms with Crippen LogP contribution in [0.15, 0.2) is 36.7 Å². The van der Waals surface area contributed by atoms with Gasteiger partial charge in [-0.05, 0) is 11.6 Å². The molecule has 4 nitrogen and oxygen atoms in total. The minimum absolute atomic E-state index is 0.626. The third kappa shape index (κ3) is 1.85. The zero-order valence-electron chi connectivity index (χ0n) is 7.59. The minimum Gasteiger partial charge on any atom is -0.398 e. The molecule has 1 aromatic carbocycles. The van der Waals surface area contributed by atoms with Crippen molar-refractivity contribution in [1.82, 2.24) is 15.2 Å². The Labute approximate surface area is 81.8 Å². The lowest BCUT2D eigenvalue weighted by molar-refractivity contribution is 0.865. The van der Waals surface area contributed by atoms with Gasteiger partial charge in [-0.1, -0.05) is 18.2 Å². The molecule has 0 spiro atoms. The highest BCUT2D eigenvalue weighted by molar-refractivity contribution is 5.47. The summed E-state index contributed by atoms with van der Waals surface area (Å²) in [6.45, 7) is 0. The molecule has 2 rings (SSSR count). The summed E-state index contributed by atoms with van der Waals surface area (Å²) < 4.78 is 0. The molecule has 1 heterocycles. The van der Waals surface area contributed by atoms with Gasteiger partial charge < -0.3 is 5.73 Å². The SMILES string of the molecule is Nc1ccccc1Cc1nccnn1. The van der Waals surface area contributed by atoms with Gasteiger partial charge in [0.25, 0.3) is 0 Å². The van der Waals surface area contributed by atoms with Gasteiger partial charge in [-0.25, -0.2) is 4.98 Å². The number of nitrogens with two attached hydrogens (primary N) is 1. The fraction of sp³-hybridized carbons (Fsp3) is 0.100. The highest BCUT2D eigenvalue weighted by Gasteiger charge is 2.01. The molecule has 0 saturated heterocycles. The first-order valence-electron chi connectivity index (χ1n) is 4.32. The Morgan fingerprint density at radius 3 is 2.71 bits per heavy atom. The lowest BCUT2D eigenvalue weighted by atomic mass is 10.1. The Balaban J connectivity index is 2.24. The fourth-order valence-electron chi connectivity index (χ4n) is 1.22. The van der Waals surface area contributed by atoms with E-state index in [1.165, 1.54) is 0 Å². The maximum Gasteiger partial charge on any atom is 0.155 e. The second-order valence-corrected chi connectivity index (χ2v) is 2.93. The van der Waals surface area contributed by atoms with Gasteiger partial charge in [-0.2, -0.15) is 5.10 Å². The molecule has 4 heteroatoms. The Morgan fingerprint density at radius 2 is 2.00 bits per heavy atom. The first kappa shape index (κ1) is 8.62. The van der Waals surface area contributed by atoms with Crippen molar-refractivity contribution in [1.29, 1.82) is 0 Å². The molecule has 0 radical (unpaired) electrons. The summed E-state index contributed by atoms with van der Waals surface area (Å²) in [5, 5.41) is 7.66. The van der Waals surface area contributed by atoms with Gasteiger partial charge in [0.05, 0.1) is 6.20 Å². The van der Waals surface area contributed by atoms with Crippen LogP contribution in [0.5, 0.6) is 0 Å². The number of hydrogen-bond donors (Lipinski definition) is 1. The smallest absolute Gasteiger partial charge is 0.155 e. The molecule has 0 amide bonds. The molecule has 70 valence electrons. The van der Waals surface area contributed by atoms with Crippen LogP contribution in [0.1, 0.15) is 11.4 Å². The van der Waals surface area contributed by atoms with Crippen molar-refractivity contribution in [3.8, 4) is 0 Å². The first-order valence-corrected chi connectivity index (χ1v) is 4.32. The summed E-state index contributed by atoms with van der Waals surface area (Å²) in [6.07, 6.45) is 3.81. The van der Waals surface area contributed by atoms with E-state index < -0.39 is 0 Å². The minimum atomic E-state index is 0.626. The molecule has 0 saturated carbocycles. The number of rotatable bonds is 2. The van der Waals surface area contributed by atoms with Gasteiger partial charge in [0.15, 0.2) is 5.82 Å². The van der Waals surface area contributed by atoms with Crippen molar-refractivity contribution < 1.29 is 0 Å². The molecule has 14 heavy (non-hydrogen) atoms. The molecule has 2 aromatic rings. The second-order valence-electron chi connectivity index (χ2n) is 2.93. The Morgan fingerprint density at radius 1 is 1.14 bits per heavy atom. The molecule has 2 N–H and O–H groups in total. The average Bonchev–Trinajstić information content (AvgIpc) is 2.23. The number of nitrogen functional groups attached to an aromatic ring is 1. The summed E-state index contributed by atoms with van der Waals surface area (Å²) in [6, 6.07) is 7.68. The fourth-order valence-corrected chi connectivity index (χ4v) is 1.22. The average molecular weight is 186 g/mol. The quantitative estimate of drug-likeness (QED) is 0.712. The number of anilines is 1. The molecule has 0 aliphatic heterocycles. The van der Waals surface area contributed by atoms with Crippen LogP contribution in [0.3, 0.4) is 0 Å². The summed E-state index contributed by atoms with van der Waals surface area (Å²) in [5.74, 6) is 0.686. The highest BCUT2D eigenvalue weighted by atomic mass is 15.1. The van der Waals surface area contributed by atoms with Crippen molar-refractivity contribution >= 4 is 5.69 Å². The molecule has 0 aliphatic carbocycles. The van der Waals surface area contributed by atoms with Crippen molar-refractivity contribution in [2.24, 2.45) is 0 Å². The van der Waals surface area contributed by atoms with Gasteiger partial charge in [-0.3, -0.25) is 0 Å². The summed E-state index contributed by atoms with van der Waals surface area (Å²) in [5.41, 5.74) is 7.58. The van der Waals surface area contributed by atoms with E-state index in [-0.39, 0.29) is 0 Å². The molecule has 0 fully saturated rings. The lowest BCUT2D eigenvalue weighted by Crippen LogP contribution is -2.00. The summed E-state index contributed by atoms with van der Waals surface area (Å²) in [7, 11) is 0. The maximum atomic E-state index is 5.79. The molecule has 0 aliphatic rings. The highest BCUT2D eigenvalue weighted by Crippen LogP contribution is 2.12. The molecule has 1 aromatic heterocycles. The standard InChI is InChI=1S/C10H10N4/c11-9-4-2-1-3-8(9)7-10-12-5-6-13-14-10/h1-6H,7,11H2. The number of nitrogens with zero attached hydrogens (tertiary/aromatic N) is 3. The van der Waals surface area contributed by atoms with Crippen LogP contribution in [-0.4, -0.2) is 15.2 Å². The van der Waals surface area contributed by atoms with Crippen LogP contribution in [0.4, 0.5) is 5.69 Å². The van der Waals surface area contributed by atoms with Gasteiger partial charge in [0.1, 0.15) is 0 Å². The van der Waals surface area contributed by atoms with Gasteiger partial charge in [0, 0.05) is 18.3 Å². The Kier molecular flexibility index (Phi) is 2.36. The van der Waals surface area contributed by atoms with Crippen LogP contribution in [0.2, 0.25) is 0 Å². The maximum absolute atomic E-state index is 5.79. The topological polar surface area (TPSA) is 64.7 Å². The third-order valence-corrected chi connectivity index (χ3v) is 1.93. The molecule has 0 unspecified atom stereocenters. The van der Waals surface area contributed by atoms with E-state index in [2.05, 4.69) is 15.2 Å². The van der Waals surface area contributed by atoms with Crippen LogP contribution >= 0.6 is 0 Å². The Hall–Kier alpha value is -1.97. The molecule has 0 atom stereocenters. The third-order valence-electron chi connectivity index (χ3n) is 1.93. The zero-order chi connectivity index (χ0) is 9.80. The van der Waals surface area contributed by atoms with Crippen molar-refractivity contribution in [2.75, 3.05) is 5.73 Å². The number of para-hydroxylation sites is 1. The van der Waals surface area contributed by atoms with Crippen molar-refractivity contribution in [3.63, 3.8) is 0 Å². The lowest BCUT2D eigenvalue weighted by Gasteiger charge is -2.02. The van der Waals surface area contributed by atoms with Crippen LogP contribution in [0, 0.1) is 0 Å². The van der Waals surface area contributed by atoms with E-state index in [1.54, 1.807) is 12.4 Å². The van der Waals surface area contributed by atoms with E-state index in [0.717, 1.165) is 11.3 Å². The van der Waals surface area contributed by atoms with Crippen LogP contribution < -0.4 is 5.73 Å². The Bertz CT molecular complexity index is 413. The number of hydrogen-bond acceptors (Lipinski definition) is 4. The largest absolute Gasteiger partial charge is 0.398 e. The first-order chi connectivity index (χ1) is 6.86. The van der Waals surface area contributed by atoms with Gasteiger partial charge in [-0.15, -0.1) is 5.10 Å². The van der Waals surface area contributed by atoms with E-state index >= 15 is 0 Å².